The molecule has 0 saturated carbocycles. The Hall–Kier alpha value is -4.22. The first-order valence-electron chi connectivity index (χ1n) is 11.7. The summed E-state index contributed by atoms with van der Waals surface area (Å²) in [4.78, 5) is 12.8. The molecule has 0 radical (unpaired) electrons. The van der Waals surface area contributed by atoms with Crippen molar-refractivity contribution in [1.29, 1.82) is 0 Å². The van der Waals surface area contributed by atoms with Crippen LogP contribution in [0.5, 0.6) is 0 Å². The molecule has 0 saturated heterocycles. The number of amides is 1. The van der Waals surface area contributed by atoms with Crippen LogP contribution < -0.4 is 14.3 Å². The van der Waals surface area contributed by atoms with Crippen LogP contribution in [0.25, 0.3) is 0 Å². The van der Waals surface area contributed by atoms with E-state index in [-0.39, 0.29) is 28.3 Å². The summed E-state index contributed by atoms with van der Waals surface area (Å²) >= 11 is 0. The van der Waals surface area contributed by atoms with Crippen molar-refractivity contribution in [3.63, 3.8) is 0 Å². The molecule has 4 rings (SSSR count). The summed E-state index contributed by atoms with van der Waals surface area (Å²) in [7, 11) is -7.56. The Bertz CT molecular complexity index is 1710. The molecule has 0 aliphatic rings. The molecule has 2 N–H and O–H groups in total. The number of nitrogens with one attached hydrogen (secondary N) is 2. The summed E-state index contributed by atoms with van der Waals surface area (Å²) in [5, 5.41) is 2.69. The van der Waals surface area contributed by atoms with Gasteiger partial charge in [-0.15, -0.1) is 0 Å². The lowest BCUT2D eigenvalue weighted by molar-refractivity contribution is 0.102. The number of carbonyl (C=O) groups is 1. The van der Waals surface area contributed by atoms with Gasteiger partial charge in [0, 0.05) is 16.8 Å². The van der Waals surface area contributed by atoms with Gasteiger partial charge in [0.25, 0.3) is 15.9 Å². The molecule has 0 fully saturated rings. The summed E-state index contributed by atoms with van der Waals surface area (Å²) in [5.41, 5.74) is 2.36. The summed E-state index contributed by atoms with van der Waals surface area (Å²) in [6, 6.07) is 24.4. The second-order valence-corrected chi connectivity index (χ2v) is 12.4. The van der Waals surface area contributed by atoms with Gasteiger partial charge in [0.15, 0.2) is 0 Å². The van der Waals surface area contributed by atoms with Crippen LogP contribution in [-0.2, 0) is 26.6 Å². The lowest BCUT2D eigenvalue weighted by atomic mass is 10.1. The van der Waals surface area contributed by atoms with Crippen LogP contribution >= 0.6 is 0 Å². The molecule has 0 atom stereocenters. The molecule has 1 amide bonds. The number of para-hydroxylation sites is 1. The van der Waals surface area contributed by atoms with Crippen molar-refractivity contribution in [3.8, 4) is 0 Å². The predicted octanol–water partition coefficient (Wildman–Crippen LogP) is 5.15. The number of aryl methyl sites for hydroxylation is 1. The number of carbonyl (C=O) groups excluding carboxylic acids is 1. The average Bonchev–Trinajstić information content (AvgIpc) is 2.89. The predicted molar refractivity (Wildman–Crippen MR) is 150 cm³/mol. The van der Waals surface area contributed by atoms with Crippen LogP contribution in [0.3, 0.4) is 0 Å². The molecule has 0 aliphatic heterocycles. The van der Waals surface area contributed by atoms with Gasteiger partial charge in [0.2, 0.25) is 10.0 Å². The molecule has 8 nitrogen and oxygen atoms in total. The van der Waals surface area contributed by atoms with E-state index in [2.05, 4.69) is 10.0 Å². The molecule has 0 bridgehead atoms. The molecule has 0 spiro atoms. The van der Waals surface area contributed by atoms with Crippen LogP contribution in [-0.4, -0.2) is 29.0 Å². The minimum absolute atomic E-state index is 0.0313. The highest BCUT2D eigenvalue weighted by atomic mass is 32.2. The molecule has 4 aromatic carbocycles. The van der Waals surface area contributed by atoms with E-state index >= 15 is 0 Å². The van der Waals surface area contributed by atoms with E-state index < -0.39 is 31.8 Å². The van der Waals surface area contributed by atoms with E-state index in [1.165, 1.54) is 66.7 Å². The highest BCUT2D eigenvalue weighted by molar-refractivity contribution is 7.92. The molecular formula is C28H26FN3O5S2. The van der Waals surface area contributed by atoms with Crippen molar-refractivity contribution < 1.29 is 26.0 Å². The zero-order valence-electron chi connectivity index (χ0n) is 21.1. The van der Waals surface area contributed by atoms with Crippen molar-refractivity contribution >= 4 is 43.0 Å². The van der Waals surface area contributed by atoms with E-state index in [0.29, 0.717) is 11.4 Å². The largest absolute Gasteiger partial charge is 0.322 e. The summed E-state index contributed by atoms with van der Waals surface area (Å²) in [6.45, 7) is 1.59. The van der Waals surface area contributed by atoms with E-state index in [0.717, 1.165) is 16.1 Å². The molecule has 4 aromatic rings. The second kappa shape index (κ2) is 11.3. The minimum Gasteiger partial charge on any atom is -0.322 e. The number of benzene rings is 4. The number of hydrogen-bond acceptors (Lipinski definition) is 5. The van der Waals surface area contributed by atoms with Gasteiger partial charge in [-0.1, -0.05) is 36.4 Å². The monoisotopic (exact) mass is 567 g/mol. The van der Waals surface area contributed by atoms with Crippen molar-refractivity contribution in [2.75, 3.05) is 20.6 Å². The van der Waals surface area contributed by atoms with Crippen LogP contribution in [0, 0.1) is 12.7 Å². The third-order valence-corrected chi connectivity index (χ3v) is 8.42. The maximum absolute atomic E-state index is 14.1. The average molecular weight is 568 g/mol. The quantitative estimate of drug-likeness (QED) is 0.290. The number of halogens is 1. The Morgan fingerprint density at radius 3 is 2.05 bits per heavy atom. The Kier molecular flexibility index (Phi) is 8.03. The molecule has 39 heavy (non-hydrogen) atoms. The Labute approximate surface area is 227 Å². The lowest BCUT2D eigenvalue weighted by Crippen LogP contribution is -2.29. The zero-order chi connectivity index (χ0) is 28.2. The van der Waals surface area contributed by atoms with E-state index in [1.54, 1.807) is 31.2 Å². The van der Waals surface area contributed by atoms with Crippen LogP contribution in [0.1, 0.15) is 21.5 Å². The smallest absolute Gasteiger partial charge is 0.261 e. The van der Waals surface area contributed by atoms with Crippen molar-refractivity contribution in [2.24, 2.45) is 0 Å². The number of rotatable bonds is 9. The van der Waals surface area contributed by atoms with Crippen molar-refractivity contribution in [1.82, 2.24) is 0 Å². The van der Waals surface area contributed by atoms with Gasteiger partial charge >= 0.3 is 0 Å². The topological polar surface area (TPSA) is 113 Å². The SMILES string of the molecule is Cc1ccccc1NS(=O)(=O)c1ccc(NC(=O)c2ccc(N(Cc3ccccc3F)S(C)(=O)=O)cc2)cc1. The highest BCUT2D eigenvalue weighted by Crippen LogP contribution is 2.24. The third-order valence-electron chi connectivity index (χ3n) is 5.90. The molecule has 0 aromatic heterocycles. The first-order valence-corrected chi connectivity index (χ1v) is 15.1. The molecule has 0 aliphatic carbocycles. The summed E-state index contributed by atoms with van der Waals surface area (Å²) in [6.07, 6.45) is 1.02. The van der Waals surface area contributed by atoms with E-state index in [9.17, 15) is 26.0 Å². The standard InChI is InChI=1S/C28H26FN3O5S2/c1-20-7-3-6-10-27(20)31-39(36,37)25-17-13-23(14-18-25)30-28(33)21-11-15-24(16-12-21)32(38(2,34)35)19-22-8-4-5-9-26(22)29/h3-18,31H,19H2,1-2H3,(H,30,33). The van der Waals surface area contributed by atoms with Crippen molar-refractivity contribution in [3.05, 3.63) is 120 Å². The molecule has 202 valence electrons. The molecule has 0 heterocycles. The van der Waals surface area contributed by atoms with Gasteiger partial charge in [0.1, 0.15) is 5.82 Å². The number of hydrogen-bond donors (Lipinski definition) is 2. The fraction of sp³-hybridized carbons (Fsp3) is 0.107. The Morgan fingerprint density at radius 2 is 1.44 bits per heavy atom. The molecular weight excluding hydrogens is 541 g/mol. The fourth-order valence-corrected chi connectivity index (χ4v) is 5.78. The van der Waals surface area contributed by atoms with Gasteiger partial charge in [0.05, 0.1) is 29.1 Å². The Balaban J connectivity index is 1.46. The maximum Gasteiger partial charge on any atom is 0.261 e. The Morgan fingerprint density at radius 1 is 0.821 bits per heavy atom. The van der Waals surface area contributed by atoms with Gasteiger partial charge < -0.3 is 5.32 Å². The van der Waals surface area contributed by atoms with Gasteiger partial charge in [-0.2, -0.15) is 0 Å². The van der Waals surface area contributed by atoms with Crippen molar-refractivity contribution in [2.45, 2.75) is 18.4 Å². The van der Waals surface area contributed by atoms with Crippen LogP contribution in [0.15, 0.2) is 102 Å². The first kappa shape index (κ1) is 27.8. The van der Waals surface area contributed by atoms with Crippen LogP contribution in [0.2, 0.25) is 0 Å². The fourth-order valence-electron chi connectivity index (χ4n) is 3.77. The second-order valence-electron chi connectivity index (χ2n) is 8.81. The minimum atomic E-state index is -3.82. The normalized spacial score (nSPS) is 11.6. The van der Waals surface area contributed by atoms with Gasteiger partial charge in [-0.3, -0.25) is 13.8 Å². The van der Waals surface area contributed by atoms with E-state index in [4.69, 9.17) is 0 Å². The van der Waals surface area contributed by atoms with Gasteiger partial charge in [-0.25, -0.2) is 21.2 Å². The summed E-state index contributed by atoms with van der Waals surface area (Å²) < 4.78 is 68.0. The number of nitrogens with zero attached hydrogens (tertiary/aromatic N) is 1. The summed E-state index contributed by atoms with van der Waals surface area (Å²) in [5.74, 6) is -0.998. The molecule has 0 unspecified atom stereocenters. The zero-order valence-corrected chi connectivity index (χ0v) is 22.8. The van der Waals surface area contributed by atoms with E-state index in [1.807, 2.05) is 6.07 Å². The maximum atomic E-state index is 14.1. The number of sulfonamides is 2. The third kappa shape index (κ3) is 6.81. The number of anilines is 3. The lowest BCUT2D eigenvalue weighted by Gasteiger charge is -2.23. The molecule has 11 heteroatoms. The first-order chi connectivity index (χ1) is 18.4. The van der Waals surface area contributed by atoms with Crippen LogP contribution in [0.4, 0.5) is 21.5 Å². The highest BCUT2D eigenvalue weighted by Gasteiger charge is 2.20. The van der Waals surface area contributed by atoms with Gasteiger partial charge in [-0.05, 0) is 73.2 Å².